The van der Waals surface area contributed by atoms with Crippen LogP contribution in [0.2, 0.25) is 0 Å². The molecule has 0 saturated heterocycles. The zero-order valence-electron chi connectivity index (χ0n) is 21.9. The molecule has 4 rings (SSSR count). The number of carbonyl (C=O) groups is 2. The van der Waals surface area contributed by atoms with Gasteiger partial charge in [0, 0.05) is 6.61 Å². The molecule has 36 heavy (non-hydrogen) atoms. The van der Waals surface area contributed by atoms with Crippen LogP contribution in [0.25, 0.3) is 0 Å². The Morgan fingerprint density at radius 2 is 1.25 bits per heavy atom. The van der Waals surface area contributed by atoms with Crippen LogP contribution in [0.15, 0.2) is 48.5 Å². The number of hydrogen-bond acceptors (Lipinski definition) is 4. The number of rotatable bonds is 5. The standard InChI is InChI=1S/C15H20O2.C8H8O2.C7H14O.H2O/c1-12-6-5-9-14(10-12)15(16)17-11-13-7-3-2-4-8-13;1-6-3-2-4-7(5-6)8(9)10;8-6-7-4-2-1-3-5-7;/h5-6,9-10,13H,2-4,7-8,11H2,1H3;2-5H,1H3,(H,9,10);7-8H,1-6H2;1H2. The van der Waals surface area contributed by atoms with Gasteiger partial charge in [0.05, 0.1) is 17.7 Å². The highest BCUT2D eigenvalue weighted by Crippen LogP contribution is 2.24. The first-order chi connectivity index (χ1) is 16.9. The van der Waals surface area contributed by atoms with Gasteiger partial charge in [-0.25, -0.2) is 9.59 Å². The van der Waals surface area contributed by atoms with Crippen LogP contribution >= 0.6 is 0 Å². The van der Waals surface area contributed by atoms with Crippen LogP contribution in [0.5, 0.6) is 0 Å². The van der Waals surface area contributed by atoms with Gasteiger partial charge in [0.15, 0.2) is 0 Å². The highest BCUT2D eigenvalue weighted by Gasteiger charge is 2.16. The molecule has 0 aromatic heterocycles. The van der Waals surface area contributed by atoms with Gasteiger partial charge in [-0.3, -0.25) is 0 Å². The highest BCUT2D eigenvalue weighted by molar-refractivity contribution is 5.89. The summed E-state index contributed by atoms with van der Waals surface area (Å²) >= 11 is 0. The van der Waals surface area contributed by atoms with Gasteiger partial charge in [-0.15, -0.1) is 0 Å². The Kier molecular flexibility index (Phi) is 15.4. The van der Waals surface area contributed by atoms with Gasteiger partial charge < -0.3 is 20.4 Å². The van der Waals surface area contributed by atoms with Crippen LogP contribution in [-0.4, -0.2) is 40.8 Å². The zero-order chi connectivity index (χ0) is 25.5. The minimum atomic E-state index is -0.872. The molecule has 0 radical (unpaired) electrons. The van der Waals surface area contributed by atoms with E-state index in [1.807, 2.05) is 44.2 Å². The Bertz CT molecular complexity index is 898. The molecule has 2 fully saturated rings. The maximum absolute atomic E-state index is 11.8. The lowest BCUT2D eigenvalue weighted by atomic mass is 9.90. The first-order valence-electron chi connectivity index (χ1n) is 13.0. The molecule has 6 heteroatoms. The number of aromatic carboxylic acids is 1. The van der Waals surface area contributed by atoms with Crippen molar-refractivity contribution in [3.63, 3.8) is 0 Å². The van der Waals surface area contributed by atoms with Gasteiger partial charge in [-0.1, -0.05) is 73.9 Å². The van der Waals surface area contributed by atoms with Crippen LogP contribution in [0, 0.1) is 25.7 Å². The van der Waals surface area contributed by atoms with Gasteiger partial charge in [-0.2, -0.15) is 0 Å². The van der Waals surface area contributed by atoms with Crippen LogP contribution in [0.4, 0.5) is 0 Å². The SMILES string of the molecule is Cc1cccc(C(=O)O)c1.Cc1cccc(C(=O)OCC2CCCCC2)c1.O.OCC1CCCCC1. The van der Waals surface area contributed by atoms with Crippen molar-refractivity contribution in [2.75, 3.05) is 13.2 Å². The summed E-state index contributed by atoms with van der Waals surface area (Å²) in [6.07, 6.45) is 12.9. The summed E-state index contributed by atoms with van der Waals surface area (Å²) < 4.78 is 5.38. The lowest BCUT2D eigenvalue weighted by Crippen LogP contribution is -2.16. The molecule has 0 aliphatic heterocycles. The minimum Gasteiger partial charge on any atom is -0.478 e. The van der Waals surface area contributed by atoms with Crippen molar-refractivity contribution >= 4 is 11.9 Å². The molecule has 0 spiro atoms. The zero-order valence-corrected chi connectivity index (χ0v) is 21.9. The lowest BCUT2D eigenvalue weighted by molar-refractivity contribution is 0.0410. The van der Waals surface area contributed by atoms with Gasteiger partial charge in [0.25, 0.3) is 0 Å². The van der Waals surface area contributed by atoms with Crippen molar-refractivity contribution in [3.8, 4) is 0 Å². The normalized spacial score (nSPS) is 15.8. The Morgan fingerprint density at radius 3 is 1.67 bits per heavy atom. The molecule has 200 valence electrons. The number of carboxylic acids is 1. The summed E-state index contributed by atoms with van der Waals surface area (Å²) in [5.41, 5.74) is 3.08. The molecule has 0 unspecified atom stereocenters. The number of hydrogen-bond donors (Lipinski definition) is 2. The van der Waals surface area contributed by atoms with Crippen molar-refractivity contribution in [1.29, 1.82) is 0 Å². The Balaban J connectivity index is 0.000000291. The second-order valence-electron chi connectivity index (χ2n) is 9.83. The molecule has 0 atom stereocenters. The van der Waals surface area contributed by atoms with Crippen LogP contribution in [0.1, 0.15) is 96.1 Å². The molecule has 2 aromatic rings. The molecular formula is C30H44O6. The smallest absolute Gasteiger partial charge is 0.338 e. The number of carboxylic acid groups (broad SMARTS) is 1. The third-order valence-corrected chi connectivity index (χ3v) is 6.68. The van der Waals surface area contributed by atoms with Crippen LogP contribution < -0.4 is 0 Å². The molecule has 2 aliphatic rings. The van der Waals surface area contributed by atoms with E-state index in [0.29, 0.717) is 36.2 Å². The topological polar surface area (TPSA) is 115 Å². The molecule has 0 amide bonds. The molecule has 0 bridgehead atoms. The Labute approximate surface area is 216 Å². The first kappa shape index (κ1) is 31.3. The summed E-state index contributed by atoms with van der Waals surface area (Å²) in [5.74, 6) is 0.171. The van der Waals surface area contributed by atoms with E-state index in [0.717, 1.165) is 11.1 Å². The average molecular weight is 501 g/mol. The number of aryl methyl sites for hydroxylation is 2. The monoisotopic (exact) mass is 500 g/mol. The highest BCUT2D eigenvalue weighted by atomic mass is 16.5. The van der Waals surface area contributed by atoms with Crippen LogP contribution in [0.3, 0.4) is 0 Å². The molecule has 6 nitrogen and oxygen atoms in total. The lowest BCUT2D eigenvalue weighted by Gasteiger charge is -2.21. The largest absolute Gasteiger partial charge is 0.478 e. The maximum atomic E-state index is 11.8. The third kappa shape index (κ3) is 12.3. The number of esters is 1. The average Bonchev–Trinajstić information content (AvgIpc) is 2.89. The maximum Gasteiger partial charge on any atom is 0.338 e. The van der Waals surface area contributed by atoms with Crippen molar-refractivity contribution in [2.45, 2.75) is 78.1 Å². The van der Waals surface area contributed by atoms with Gasteiger partial charge in [0.2, 0.25) is 0 Å². The van der Waals surface area contributed by atoms with E-state index in [1.54, 1.807) is 18.2 Å². The second-order valence-corrected chi connectivity index (χ2v) is 9.83. The minimum absolute atomic E-state index is 0. The van der Waals surface area contributed by atoms with E-state index in [-0.39, 0.29) is 11.4 Å². The number of benzene rings is 2. The number of carbonyl (C=O) groups excluding carboxylic acids is 1. The third-order valence-electron chi connectivity index (χ3n) is 6.68. The molecule has 2 saturated carbocycles. The summed E-state index contributed by atoms with van der Waals surface area (Å²) in [6, 6.07) is 14.4. The molecule has 0 heterocycles. The van der Waals surface area contributed by atoms with Gasteiger partial charge in [-0.05, 0) is 75.6 Å². The fourth-order valence-electron chi connectivity index (χ4n) is 4.55. The van der Waals surface area contributed by atoms with Gasteiger partial charge >= 0.3 is 11.9 Å². The number of aliphatic hydroxyl groups excluding tert-OH is 1. The molecule has 2 aromatic carbocycles. The van der Waals surface area contributed by atoms with Gasteiger partial charge in [0.1, 0.15) is 0 Å². The number of ether oxygens (including phenoxy) is 1. The first-order valence-corrected chi connectivity index (χ1v) is 13.0. The quantitative estimate of drug-likeness (QED) is 0.477. The molecule has 2 aliphatic carbocycles. The predicted molar refractivity (Wildman–Crippen MR) is 143 cm³/mol. The summed E-state index contributed by atoms with van der Waals surface area (Å²) in [4.78, 5) is 22.2. The van der Waals surface area contributed by atoms with Crippen molar-refractivity contribution in [3.05, 3.63) is 70.8 Å². The Hall–Kier alpha value is -2.70. The molecule has 4 N–H and O–H groups in total. The second kappa shape index (κ2) is 17.7. The van der Waals surface area contributed by atoms with Crippen LogP contribution in [-0.2, 0) is 4.74 Å². The summed E-state index contributed by atoms with van der Waals surface area (Å²) in [6.45, 7) is 4.86. The van der Waals surface area contributed by atoms with E-state index in [9.17, 15) is 9.59 Å². The van der Waals surface area contributed by atoms with E-state index in [4.69, 9.17) is 14.9 Å². The number of aliphatic hydroxyl groups is 1. The molecular weight excluding hydrogens is 456 g/mol. The van der Waals surface area contributed by atoms with E-state index in [2.05, 4.69) is 0 Å². The van der Waals surface area contributed by atoms with E-state index in [1.165, 1.54) is 64.2 Å². The van der Waals surface area contributed by atoms with Crippen molar-refractivity contribution < 1.29 is 30.0 Å². The fraction of sp³-hybridized carbons (Fsp3) is 0.533. The summed E-state index contributed by atoms with van der Waals surface area (Å²) in [5, 5.41) is 17.2. The van der Waals surface area contributed by atoms with Crippen molar-refractivity contribution in [1.82, 2.24) is 0 Å². The Morgan fingerprint density at radius 1 is 0.778 bits per heavy atom. The van der Waals surface area contributed by atoms with E-state index >= 15 is 0 Å². The summed E-state index contributed by atoms with van der Waals surface area (Å²) in [7, 11) is 0. The predicted octanol–water partition coefficient (Wildman–Crippen LogP) is 6.16. The van der Waals surface area contributed by atoms with E-state index < -0.39 is 5.97 Å². The fourth-order valence-corrected chi connectivity index (χ4v) is 4.55. The van der Waals surface area contributed by atoms with Crippen molar-refractivity contribution in [2.24, 2.45) is 11.8 Å².